The molecule has 2 nitrogen and oxygen atoms in total. The molecule has 0 heterocycles. The van der Waals surface area contributed by atoms with Gasteiger partial charge in [-0.3, -0.25) is 4.79 Å². The van der Waals surface area contributed by atoms with Crippen LogP contribution in [0.5, 0.6) is 5.75 Å². The molecule has 0 amide bonds. The molecule has 1 rings (SSSR count). The van der Waals surface area contributed by atoms with Crippen molar-refractivity contribution in [3.8, 4) is 5.75 Å². The maximum atomic E-state index is 13.4. The zero-order valence-electron chi connectivity index (χ0n) is 8.51. The molecular weight excluding hydrogens is 298 g/mol. The number of ketones is 1. The number of ether oxygens (including phenoxy) is 1. The minimum atomic E-state index is -0.562. The van der Waals surface area contributed by atoms with E-state index in [-0.39, 0.29) is 16.7 Å². The maximum absolute atomic E-state index is 13.4. The molecular formula is C11H11BrClFO2. The van der Waals surface area contributed by atoms with Gasteiger partial charge in [0.1, 0.15) is 11.6 Å². The minimum absolute atomic E-state index is 0.0709. The van der Waals surface area contributed by atoms with Gasteiger partial charge in [0.15, 0.2) is 5.78 Å². The summed E-state index contributed by atoms with van der Waals surface area (Å²) < 4.78 is 18.7. The minimum Gasteiger partial charge on any atom is -0.493 e. The quantitative estimate of drug-likeness (QED) is 0.457. The molecule has 5 heteroatoms. The molecule has 16 heavy (non-hydrogen) atoms. The number of hydrogen-bond acceptors (Lipinski definition) is 2. The van der Waals surface area contributed by atoms with Crippen molar-refractivity contribution in [3.05, 3.63) is 29.6 Å². The summed E-state index contributed by atoms with van der Waals surface area (Å²) >= 11 is 8.47. The Bertz CT molecular complexity index is 371. The smallest absolute Gasteiger partial charge is 0.176 e. The van der Waals surface area contributed by atoms with Gasteiger partial charge in [-0.25, -0.2) is 4.39 Å². The first kappa shape index (κ1) is 13.5. The Morgan fingerprint density at radius 3 is 2.81 bits per heavy atom. The maximum Gasteiger partial charge on any atom is 0.176 e. The molecule has 0 atom stereocenters. The van der Waals surface area contributed by atoms with Gasteiger partial charge >= 0.3 is 0 Å². The van der Waals surface area contributed by atoms with Crippen LogP contribution in [0.15, 0.2) is 18.2 Å². The fourth-order valence-electron chi connectivity index (χ4n) is 1.13. The van der Waals surface area contributed by atoms with E-state index in [0.717, 1.165) is 0 Å². The van der Waals surface area contributed by atoms with Crippen molar-refractivity contribution in [1.82, 2.24) is 0 Å². The Hall–Kier alpha value is -0.610. The van der Waals surface area contributed by atoms with Crippen LogP contribution < -0.4 is 4.74 Å². The van der Waals surface area contributed by atoms with Crippen molar-refractivity contribution >= 4 is 33.3 Å². The second-order valence-electron chi connectivity index (χ2n) is 3.09. The molecule has 0 saturated heterocycles. The Balaban J connectivity index is 2.71. The largest absolute Gasteiger partial charge is 0.493 e. The van der Waals surface area contributed by atoms with Crippen LogP contribution in [0.1, 0.15) is 16.8 Å². The third kappa shape index (κ3) is 3.76. The Morgan fingerprint density at radius 1 is 1.50 bits per heavy atom. The molecule has 0 bridgehead atoms. The first-order valence-electron chi connectivity index (χ1n) is 4.76. The molecule has 1 aromatic carbocycles. The summed E-state index contributed by atoms with van der Waals surface area (Å²) in [6, 6.07) is 4.21. The normalized spacial score (nSPS) is 10.2. The molecule has 0 radical (unpaired) electrons. The first-order valence-corrected chi connectivity index (χ1v) is 6.42. The van der Waals surface area contributed by atoms with Crippen LogP contribution in [0, 0.1) is 5.82 Å². The van der Waals surface area contributed by atoms with Gasteiger partial charge in [0.25, 0.3) is 0 Å². The van der Waals surface area contributed by atoms with Gasteiger partial charge in [-0.2, -0.15) is 0 Å². The molecule has 0 N–H and O–H groups in total. The lowest BCUT2D eigenvalue weighted by atomic mass is 10.1. The van der Waals surface area contributed by atoms with E-state index in [9.17, 15) is 9.18 Å². The summed E-state index contributed by atoms with van der Waals surface area (Å²) in [7, 11) is 0. The van der Waals surface area contributed by atoms with E-state index in [4.69, 9.17) is 16.3 Å². The lowest BCUT2D eigenvalue weighted by Crippen LogP contribution is -2.04. The summed E-state index contributed by atoms with van der Waals surface area (Å²) in [4.78, 5) is 11.3. The highest BCUT2D eigenvalue weighted by molar-refractivity contribution is 9.09. The van der Waals surface area contributed by atoms with Crippen LogP contribution in [0.25, 0.3) is 0 Å². The predicted octanol–water partition coefficient (Wildman–Crippen LogP) is 3.41. The third-order valence-electron chi connectivity index (χ3n) is 1.91. The molecule has 0 saturated carbocycles. The predicted molar refractivity (Wildman–Crippen MR) is 65.4 cm³/mol. The number of benzene rings is 1. The number of hydrogen-bond donors (Lipinski definition) is 0. The van der Waals surface area contributed by atoms with Gasteiger partial charge in [0.05, 0.1) is 17.5 Å². The number of carbonyl (C=O) groups excluding carboxylic acids is 1. The van der Waals surface area contributed by atoms with Crippen molar-refractivity contribution in [3.63, 3.8) is 0 Å². The molecule has 0 fully saturated rings. The summed E-state index contributed by atoms with van der Waals surface area (Å²) in [6.07, 6.45) is 0.700. The van der Waals surface area contributed by atoms with Crippen molar-refractivity contribution in [2.75, 3.05) is 17.8 Å². The Labute approximate surface area is 107 Å². The van der Waals surface area contributed by atoms with Gasteiger partial charge in [-0.15, -0.1) is 11.6 Å². The topological polar surface area (TPSA) is 26.3 Å². The Morgan fingerprint density at radius 2 is 2.25 bits per heavy atom. The van der Waals surface area contributed by atoms with Crippen LogP contribution in [-0.2, 0) is 0 Å². The molecule has 0 unspecified atom stereocenters. The monoisotopic (exact) mass is 308 g/mol. The molecule has 0 aliphatic carbocycles. The summed E-state index contributed by atoms with van der Waals surface area (Å²) in [5, 5.41) is 0.108. The molecule has 0 aliphatic heterocycles. The van der Waals surface area contributed by atoms with Gasteiger partial charge in [-0.05, 0) is 18.6 Å². The fourth-order valence-corrected chi connectivity index (χ4v) is 1.54. The second-order valence-corrected chi connectivity index (χ2v) is 4.03. The SMILES string of the molecule is O=C(CBr)c1ccc(OCCCCl)cc1F. The molecule has 88 valence electrons. The highest BCUT2D eigenvalue weighted by Gasteiger charge is 2.11. The van der Waals surface area contributed by atoms with Gasteiger partial charge < -0.3 is 4.74 Å². The van der Waals surface area contributed by atoms with Gasteiger partial charge in [-0.1, -0.05) is 15.9 Å². The van der Waals surface area contributed by atoms with Crippen LogP contribution in [0.3, 0.4) is 0 Å². The lowest BCUT2D eigenvalue weighted by molar-refractivity contribution is 0.102. The first-order chi connectivity index (χ1) is 7.69. The zero-order valence-corrected chi connectivity index (χ0v) is 10.9. The standard InChI is InChI=1S/C11H11BrClFO2/c12-7-11(15)9-3-2-8(6-10(9)14)16-5-1-4-13/h2-3,6H,1,4-5,7H2. The summed E-state index contributed by atoms with van der Waals surface area (Å²) in [5.41, 5.74) is 0.0709. The van der Waals surface area contributed by atoms with Crippen LogP contribution in [0.4, 0.5) is 4.39 Å². The van der Waals surface area contributed by atoms with E-state index in [1.807, 2.05) is 0 Å². The second kappa shape index (κ2) is 6.86. The van der Waals surface area contributed by atoms with Crippen molar-refractivity contribution in [1.29, 1.82) is 0 Å². The van der Waals surface area contributed by atoms with E-state index < -0.39 is 5.82 Å². The molecule has 1 aromatic rings. The summed E-state index contributed by atoms with van der Waals surface area (Å²) in [6.45, 7) is 0.439. The highest BCUT2D eigenvalue weighted by atomic mass is 79.9. The van der Waals surface area contributed by atoms with E-state index in [1.165, 1.54) is 12.1 Å². The third-order valence-corrected chi connectivity index (χ3v) is 2.69. The number of alkyl halides is 2. The summed E-state index contributed by atoms with van der Waals surface area (Å²) in [5.74, 6) is 0.0641. The zero-order chi connectivity index (χ0) is 12.0. The van der Waals surface area contributed by atoms with Gasteiger partial charge in [0.2, 0.25) is 0 Å². The van der Waals surface area contributed by atoms with Gasteiger partial charge in [0, 0.05) is 11.9 Å². The lowest BCUT2D eigenvalue weighted by Gasteiger charge is -2.06. The fraction of sp³-hybridized carbons (Fsp3) is 0.364. The molecule has 0 aromatic heterocycles. The van der Waals surface area contributed by atoms with E-state index in [2.05, 4.69) is 15.9 Å². The molecule has 0 spiro atoms. The van der Waals surface area contributed by atoms with E-state index >= 15 is 0 Å². The van der Waals surface area contributed by atoms with Crippen molar-refractivity contribution in [2.45, 2.75) is 6.42 Å². The van der Waals surface area contributed by atoms with Crippen molar-refractivity contribution in [2.24, 2.45) is 0 Å². The van der Waals surface area contributed by atoms with Crippen molar-refractivity contribution < 1.29 is 13.9 Å². The van der Waals surface area contributed by atoms with Crippen LogP contribution >= 0.6 is 27.5 Å². The number of rotatable bonds is 6. The van der Waals surface area contributed by atoms with Crippen LogP contribution in [-0.4, -0.2) is 23.6 Å². The number of halogens is 3. The Kier molecular flexibility index (Phi) is 5.77. The highest BCUT2D eigenvalue weighted by Crippen LogP contribution is 2.17. The van der Waals surface area contributed by atoms with E-state index in [1.54, 1.807) is 6.07 Å². The number of carbonyl (C=O) groups is 1. The molecule has 0 aliphatic rings. The van der Waals surface area contributed by atoms with Crippen LogP contribution in [0.2, 0.25) is 0 Å². The number of Topliss-reactive ketones (excluding diaryl/α,β-unsaturated/α-hetero) is 1. The van der Waals surface area contributed by atoms with E-state index in [0.29, 0.717) is 24.7 Å². The average Bonchev–Trinajstić information content (AvgIpc) is 2.29. The average molecular weight is 310 g/mol.